The van der Waals surface area contributed by atoms with Gasteiger partial charge in [0.1, 0.15) is 0 Å². The van der Waals surface area contributed by atoms with Gasteiger partial charge in [0.2, 0.25) is 0 Å². The first kappa shape index (κ1) is 13.1. The van der Waals surface area contributed by atoms with Gasteiger partial charge in [-0.15, -0.1) is 0 Å². The lowest BCUT2D eigenvalue weighted by molar-refractivity contribution is -0.122. The number of ether oxygens (including phenoxy) is 1. The average molecular weight is 298 g/mol. The Balaban J connectivity index is 2.17. The number of nitrogens with one attached hydrogen (secondary N) is 1. The minimum Gasteiger partial charge on any atom is -0.364 e. The molecule has 0 spiro atoms. The van der Waals surface area contributed by atoms with Crippen LogP contribution in [0.2, 0.25) is 0 Å². The lowest BCUT2D eigenvalue weighted by atomic mass is 9.94. The molecule has 1 N–H and O–H groups in total. The van der Waals surface area contributed by atoms with Crippen LogP contribution in [0.15, 0.2) is 28.7 Å². The van der Waals surface area contributed by atoms with Gasteiger partial charge >= 0.3 is 0 Å². The largest absolute Gasteiger partial charge is 0.364 e. The van der Waals surface area contributed by atoms with Gasteiger partial charge in [0.05, 0.1) is 11.7 Å². The second-order valence-electron chi connectivity index (χ2n) is 4.68. The second-order valence-corrected chi connectivity index (χ2v) is 5.60. The van der Waals surface area contributed by atoms with E-state index in [0.717, 1.165) is 30.4 Å². The van der Waals surface area contributed by atoms with Crippen LogP contribution in [0.5, 0.6) is 0 Å². The van der Waals surface area contributed by atoms with Crippen LogP contribution in [-0.4, -0.2) is 18.7 Å². The number of rotatable bonds is 3. The highest BCUT2D eigenvalue weighted by Gasteiger charge is 2.34. The van der Waals surface area contributed by atoms with E-state index in [1.807, 2.05) is 6.07 Å². The molecule has 2 rings (SSSR count). The Morgan fingerprint density at radius 2 is 2.18 bits per heavy atom. The number of hydrogen-bond donors (Lipinski definition) is 1. The van der Waals surface area contributed by atoms with Crippen LogP contribution in [0.1, 0.15) is 38.4 Å². The monoisotopic (exact) mass is 297 g/mol. The summed E-state index contributed by atoms with van der Waals surface area (Å²) in [5.74, 6) is 0. The molecule has 1 saturated heterocycles. The Bertz CT molecular complexity index is 376. The molecule has 0 saturated carbocycles. The summed E-state index contributed by atoms with van der Waals surface area (Å²) in [5, 5.41) is 3.51. The third-order valence-corrected chi connectivity index (χ3v) is 4.17. The van der Waals surface area contributed by atoms with Gasteiger partial charge in [-0.2, -0.15) is 0 Å². The first-order valence-electron chi connectivity index (χ1n) is 6.33. The van der Waals surface area contributed by atoms with Crippen molar-refractivity contribution in [2.45, 2.75) is 38.4 Å². The van der Waals surface area contributed by atoms with Gasteiger partial charge in [-0.05, 0) is 30.5 Å². The van der Waals surface area contributed by atoms with Crippen LogP contribution in [0.4, 0.5) is 0 Å². The van der Waals surface area contributed by atoms with Crippen molar-refractivity contribution in [3.8, 4) is 0 Å². The summed E-state index contributed by atoms with van der Waals surface area (Å²) in [6, 6.07) is 8.40. The molecule has 94 valence electrons. The molecule has 1 heterocycles. The number of morpholine rings is 1. The van der Waals surface area contributed by atoms with Crippen LogP contribution < -0.4 is 5.32 Å². The van der Waals surface area contributed by atoms with Gasteiger partial charge in [-0.25, -0.2) is 0 Å². The summed E-state index contributed by atoms with van der Waals surface area (Å²) in [6.45, 7) is 6.27. The Morgan fingerprint density at radius 3 is 2.82 bits per heavy atom. The molecular weight excluding hydrogens is 278 g/mol. The van der Waals surface area contributed by atoms with Gasteiger partial charge in [-0.1, -0.05) is 41.9 Å². The highest BCUT2D eigenvalue weighted by atomic mass is 79.9. The molecule has 0 amide bonds. The fourth-order valence-corrected chi connectivity index (χ4v) is 2.79. The van der Waals surface area contributed by atoms with Crippen molar-refractivity contribution in [2.24, 2.45) is 0 Å². The topological polar surface area (TPSA) is 21.3 Å². The molecule has 0 aliphatic carbocycles. The van der Waals surface area contributed by atoms with Crippen molar-refractivity contribution < 1.29 is 4.74 Å². The van der Waals surface area contributed by atoms with Gasteiger partial charge < -0.3 is 10.1 Å². The van der Waals surface area contributed by atoms with Crippen molar-refractivity contribution in [2.75, 3.05) is 13.1 Å². The summed E-state index contributed by atoms with van der Waals surface area (Å²) < 4.78 is 7.44. The maximum absolute atomic E-state index is 6.33. The zero-order chi connectivity index (χ0) is 12.3. The molecule has 1 aliphatic heterocycles. The van der Waals surface area contributed by atoms with Gasteiger partial charge in [0, 0.05) is 17.6 Å². The van der Waals surface area contributed by atoms with E-state index < -0.39 is 0 Å². The normalized spacial score (nSPS) is 23.6. The predicted molar refractivity (Wildman–Crippen MR) is 74.2 cm³/mol. The van der Waals surface area contributed by atoms with Gasteiger partial charge in [-0.3, -0.25) is 0 Å². The minimum atomic E-state index is 0.00519. The summed E-state index contributed by atoms with van der Waals surface area (Å²) in [4.78, 5) is 0. The summed E-state index contributed by atoms with van der Waals surface area (Å²) in [7, 11) is 0. The third-order valence-electron chi connectivity index (χ3n) is 3.68. The third kappa shape index (κ3) is 2.90. The van der Waals surface area contributed by atoms with E-state index in [4.69, 9.17) is 4.74 Å². The predicted octanol–water partition coefficient (Wildman–Crippen LogP) is 3.67. The quantitative estimate of drug-likeness (QED) is 0.919. The molecule has 1 fully saturated rings. The first-order chi connectivity index (χ1) is 8.19. The Hall–Kier alpha value is -0.380. The molecule has 0 aromatic heterocycles. The van der Waals surface area contributed by atoms with Crippen LogP contribution in [-0.2, 0) is 4.74 Å². The highest BCUT2D eigenvalue weighted by Crippen LogP contribution is 2.32. The van der Waals surface area contributed by atoms with Crippen molar-refractivity contribution in [3.63, 3.8) is 0 Å². The highest BCUT2D eigenvalue weighted by molar-refractivity contribution is 9.10. The summed E-state index contributed by atoms with van der Waals surface area (Å²) in [6.07, 6.45) is 2.28. The molecular formula is C14H20BrNO. The van der Waals surface area contributed by atoms with E-state index in [0.29, 0.717) is 0 Å². The molecule has 1 aromatic rings. The smallest absolute Gasteiger partial charge is 0.0957 e. The van der Waals surface area contributed by atoms with E-state index >= 15 is 0 Å². The zero-order valence-electron chi connectivity index (χ0n) is 10.5. The number of hydrogen-bond acceptors (Lipinski definition) is 2. The maximum atomic E-state index is 6.33. The molecule has 1 unspecified atom stereocenters. The van der Waals surface area contributed by atoms with Crippen molar-refractivity contribution >= 4 is 15.9 Å². The Labute approximate surface area is 112 Å². The minimum absolute atomic E-state index is 0.00519. The molecule has 3 heteroatoms. The number of benzene rings is 1. The SMILES string of the molecule is CCC1(CC)CNCC(c2cccc(Br)c2)O1. The lowest BCUT2D eigenvalue weighted by Gasteiger charge is -2.41. The summed E-state index contributed by atoms with van der Waals surface area (Å²) in [5.41, 5.74) is 1.25. The van der Waals surface area contributed by atoms with Crippen LogP contribution >= 0.6 is 15.9 Å². The summed E-state index contributed by atoms with van der Waals surface area (Å²) >= 11 is 3.52. The van der Waals surface area contributed by atoms with E-state index in [1.54, 1.807) is 0 Å². The van der Waals surface area contributed by atoms with E-state index in [-0.39, 0.29) is 11.7 Å². The fourth-order valence-electron chi connectivity index (χ4n) is 2.38. The number of halogens is 1. The van der Waals surface area contributed by atoms with E-state index in [1.165, 1.54) is 5.56 Å². The first-order valence-corrected chi connectivity index (χ1v) is 7.12. The fraction of sp³-hybridized carbons (Fsp3) is 0.571. The lowest BCUT2D eigenvalue weighted by Crippen LogP contribution is -2.50. The van der Waals surface area contributed by atoms with Gasteiger partial charge in [0.15, 0.2) is 0 Å². The molecule has 1 aromatic carbocycles. The van der Waals surface area contributed by atoms with Crippen LogP contribution in [0.3, 0.4) is 0 Å². The Morgan fingerprint density at radius 1 is 1.41 bits per heavy atom. The molecule has 1 aliphatic rings. The van der Waals surface area contributed by atoms with Crippen LogP contribution in [0, 0.1) is 0 Å². The second kappa shape index (κ2) is 5.51. The molecule has 17 heavy (non-hydrogen) atoms. The van der Waals surface area contributed by atoms with Crippen LogP contribution in [0.25, 0.3) is 0 Å². The molecule has 2 nitrogen and oxygen atoms in total. The average Bonchev–Trinajstić information content (AvgIpc) is 2.39. The van der Waals surface area contributed by atoms with Crippen molar-refractivity contribution in [3.05, 3.63) is 34.3 Å². The molecule has 0 radical (unpaired) electrons. The zero-order valence-corrected chi connectivity index (χ0v) is 12.1. The van der Waals surface area contributed by atoms with E-state index in [2.05, 4.69) is 53.3 Å². The Kier molecular flexibility index (Phi) is 4.23. The molecule has 1 atom stereocenters. The van der Waals surface area contributed by atoms with Crippen molar-refractivity contribution in [1.82, 2.24) is 5.32 Å². The van der Waals surface area contributed by atoms with E-state index in [9.17, 15) is 0 Å². The standard InChI is InChI=1S/C14H20BrNO/c1-3-14(4-2)10-16-9-13(17-14)11-6-5-7-12(15)8-11/h5-8,13,16H,3-4,9-10H2,1-2H3. The maximum Gasteiger partial charge on any atom is 0.0957 e. The van der Waals surface area contributed by atoms with Crippen molar-refractivity contribution in [1.29, 1.82) is 0 Å². The molecule has 0 bridgehead atoms. The van der Waals surface area contributed by atoms with Gasteiger partial charge in [0.25, 0.3) is 0 Å².